The first-order valence-electron chi connectivity index (χ1n) is 21.5. The molecule has 2 aliphatic rings. The molecule has 0 saturated heterocycles. The second-order valence-electron chi connectivity index (χ2n) is 15.7. The highest BCUT2D eigenvalue weighted by atomic mass is 14.1. The fourth-order valence-electron chi connectivity index (χ4n) is 7.34. The van der Waals surface area contributed by atoms with Gasteiger partial charge in [0.25, 0.3) is 0 Å². The van der Waals surface area contributed by atoms with Gasteiger partial charge in [0.05, 0.1) is 0 Å². The van der Waals surface area contributed by atoms with Crippen LogP contribution in [0.1, 0.15) is 92.7 Å². The van der Waals surface area contributed by atoms with E-state index in [2.05, 4.69) is 236 Å². The van der Waals surface area contributed by atoms with E-state index in [4.69, 9.17) is 0 Å². The Labute approximate surface area is 351 Å². The summed E-state index contributed by atoms with van der Waals surface area (Å²) in [5, 5.41) is 0. The SMILES string of the molecule is CC1=CCC(c2ccccc2)C=C1.CCCc1ccc(-c2ccccc2)cc1.CCCc1cccc(C2=CCC(C)C=C2)c1.Cc1ccccc1-c1ccccc1C. The third-order valence-electron chi connectivity index (χ3n) is 10.8. The molecule has 0 amide bonds. The zero-order chi connectivity index (χ0) is 41.0. The van der Waals surface area contributed by atoms with Crippen LogP contribution in [0, 0.1) is 19.8 Å². The van der Waals surface area contributed by atoms with E-state index in [1.807, 2.05) is 0 Å². The average molecular weight is 761 g/mol. The molecule has 0 nitrogen and oxygen atoms in total. The normalized spacial score (nSPS) is 15.3. The van der Waals surface area contributed by atoms with Gasteiger partial charge in [-0.1, -0.05) is 233 Å². The third kappa shape index (κ3) is 13.7. The maximum absolute atomic E-state index is 2.36. The van der Waals surface area contributed by atoms with Gasteiger partial charge in [-0.25, -0.2) is 0 Å². The van der Waals surface area contributed by atoms with Crippen molar-refractivity contribution in [1.29, 1.82) is 0 Å². The summed E-state index contributed by atoms with van der Waals surface area (Å²) in [6.07, 6.45) is 20.8. The van der Waals surface area contributed by atoms with Gasteiger partial charge in [-0.05, 0) is 114 Å². The summed E-state index contributed by atoms with van der Waals surface area (Å²) < 4.78 is 0. The smallest absolute Gasteiger partial charge is 0.00559 e. The minimum atomic E-state index is 0.588. The summed E-state index contributed by atoms with van der Waals surface area (Å²) in [6, 6.07) is 56.0. The van der Waals surface area contributed by atoms with Gasteiger partial charge in [-0.3, -0.25) is 0 Å². The summed E-state index contributed by atoms with van der Waals surface area (Å²) in [5.74, 6) is 1.28. The van der Waals surface area contributed by atoms with E-state index in [1.54, 1.807) is 0 Å². The van der Waals surface area contributed by atoms with Crippen LogP contribution in [-0.2, 0) is 12.8 Å². The van der Waals surface area contributed by atoms with E-state index in [0.29, 0.717) is 11.8 Å². The minimum Gasteiger partial charge on any atom is -0.0808 e. The van der Waals surface area contributed by atoms with Gasteiger partial charge in [0.2, 0.25) is 0 Å². The van der Waals surface area contributed by atoms with Crippen LogP contribution in [0.5, 0.6) is 0 Å². The number of allylic oxidation sites excluding steroid dienone is 8. The van der Waals surface area contributed by atoms with Gasteiger partial charge in [0.15, 0.2) is 0 Å². The van der Waals surface area contributed by atoms with Gasteiger partial charge in [0.1, 0.15) is 0 Å². The summed E-state index contributed by atoms with van der Waals surface area (Å²) in [5.41, 5.74) is 16.4. The highest BCUT2D eigenvalue weighted by Gasteiger charge is 2.09. The monoisotopic (exact) mass is 761 g/mol. The largest absolute Gasteiger partial charge is 0.0808 e. The minimum absolute atomic E-state index is 0.588. The van der Waals surface area contributed by atoms with Crippen LogP contribution in [0.3, 0.4) is 0 Å². The third-order valence-corrected chi connectivity index (χ3v) is 10.8. The first-order chi connectivity index (χ1) is 28.3. The van der Waals surface area contributed by atoms with Crippen LogP contribution < -0.4 is 0 Å². The molecular formula is C58H64. The first kappa shape index (κ1) is 43.4. The van der Waals surface area contributed by atoms with Crippen molar-refractivity contribution in [2.24, 2.45) is 5.92 Å². The lowest BCUT2D eigenvalue weighted by Crippen LogP contribution is -1.96. The Hall–Kier alpha value is -5.72. The van der Waals surface area contributed by atoms with E-state index in [9.17, 15) is 0 Å². The lowest BCUT2D eigenvalue weighted by molar-refractivity contribution is 0.739. The van der Waals surface area contributed by atoms with Crippen LogP contribution in [-0.4, -0.2) is 0 Å². The number of hydrogen-bond donors (Lipinski definition) is 0. The average Bonchev–Trinajstić information content (AvgIpc) is 3.27. The topological polar surface area (TPSA) is 0 Å². The molecule has 0 heteroatoms. The quantitative estimate of drug-likeness (QED) is 0.145. The Morgan fingerprint density at radius 1 is 0.466 bits per heavy atom. The molecule has 2 atom stereocenters. The molecule has 0 saturated carbocycles. The van der Waals surface area contributed by atoms with E-state index < -0.39 is 0 Å². The van der Waals surface area contributed by atoms with Crippen LogP contribution in [0.15, 0.2) is 200 Å². The second-order valence-corrected chi connectivity index (χ2v) is 15.7. The maximum Gasteiger partial charge on any atom is 0.00559 e. The van der Waals surface area contributed by atoms with E-state index in [1.165, 1.54) is 98.9 Å². The van der Waals surface area contributed by atoms with E-state index in [-0.39, 0.29) is 0 Å². The molecule has 0 fully saturated rings. The van der Waals surface area contributed by atoms with E-state index >= 15 is 0 Å². The van der Waals surface area contributed by atoms with Crippen molar-refractivity contribution in [2.45, 2.75) is 86.0 Å². The molecule has 0 radical (unpaired) electrons. The lowest BCUT2D eigenvalue weighted by atomic mass is 9.91. The Kier molecular flexibility index (Phi) is 17.6. The van der Waals surface area contributed by atoms with Crippen LogP contribution in [0.2, 0.25) is 0 Å². The Morgan fingerprint density at radius 3 is 1.57 bits per heavy atom. The summed E-state index contributed by atoms with van der Waals surface area (Å²) in [7, 11) is 0. The Balaban J connectivity index is 0.000000148. The van der Waals surface area contributed by atoms with Gasteiger partial charge >= 0.3 is 0 Å². The van der Waals surface area contributed by atoms with Crippen molar-refractivity contribution in [2.75, 3.05) is 0 Å². The van der Waals surface area contributed by atoms with Crippen LogP contribution >= 0.6 is 0 Å². The lowest BCUT2D eigenvalue weighted by Gasteiger charge is -2.14. The van der Waals surface area contributed by atoms with Crippen molar-refractivity contribution >= 4 is 5.57 Å². The van der Waals surface area contributed by atoms with Crippen molar-refractivity contribution < 1.29 is 0 Å². The highest BCUT2D eigenvalue weighted by Crippen LogP contribution is 2.28. The highest BCUT2D eigenvalue weighted by molar-refractivity contribution is 5.75. The van der Waals surface area contributed by atoms with Crippen molar-refractivity contribution in [3.63, 3.8) is 0 Å². The van der Waals surface area contributed by atoms with Crippen molar-refractivity contribution in [3.8, 4) is 22.3 Å². The van der Waals surface area contributed by atoms with Crippen molar-refractivity contribution in [3.05, 3.63) is 233 Å². The van der Waals surface area contributed by atoms with Crippen molar-refractivity contribution in [1.82, 2.24) is 0 Å². The summed E-state index contributed by atoms with van der Waals surface area (Å²) in [6.45, 7) is 13.2. The summed E-state index contributed by atoms with van der Waals surface area (Å²) in [4.78, 5) is 0. The summed E-state index contributed by atoms with van der Waals surface area (Å²) >= 11 is 0. The van der Waals surface area contributed by atoms with Gasteiger partial charge < -0.3 is 0 Å². The number of benzene rings is 6. The van der Waals surface area contributed by atoms with Crippen LogP contribution in [0.25, 0.3) is 27.8 Å². The molecule has 8 rings (SSSR count). The van der Waals surface area contributed by atoms with Gasteiger partial charge in [-0.2, -0.15) is 0 Å². The molecule has 0 aliphatic heterocycles. The number of rotatable bonds is 8. The standard InChI is InChI=1S/C16H20.C15H16.C14H14.C13H14/c1-3-5-14-6-4-7-16(12-14)15-10-8-13(2)9-11-15;1-2-6-13-9-11-15(12-10-13)14-7-4-3-5-8-14;1-11-7-3-5-9-13(11)14-10-6-4-8-12(14)2;1-11-7-9-13(10-8-11)12-5-3-2-4-6-12/h4,6-8,10-13H,3,5,9H2,1-2H3;3-5,7-12H,2,6H2,1H3;3-10H,1-2H3;2-9,13H,10H2,1H3. The fraction of sp³-hybridized carbons (Fsp3) is 0.241. The zero-order valence-corrected chi connectivity index (χ0v) is 35.9. The van der Waals surface area contributed by atoms with Gasteiger partial charge in [0, 0.05) is 5.92 Å². The predicted molar refractivity (Wildman–Crippen MR) is 255 cm³/mol. The number of aryl methyl sites for hydroxylation is 4. The molecule has 0 heterocycles. The number of hydrogen-bond acceptors (Lipinski definition) is 0. The molecule has 2 unspecified atom stereocenters. The fourth-order valence-corrected chi connectivity index (χ4v) is 7.34. The molecule has 58 heavy (non-hydrogen) atoms. The molecule has 0 aromatic heterocycles. The Morgan fingerprint density at radius 2 is 1.02 bits per heavy atom. The molecule has 296 valence electrons. The Bertz CT molecular complexity index is 2180. The molecule has 2 aliphatic carbocycles. The van der Waals surface area contributed by atoms with E-state index in [0.717, 1.165) is 6.42 Å². The molecule has 0 spiro atoms. The van der Waals surface area contributed by atoms with Gasteiger partial charge in [-0.15, -0.1) is 0 Å². The predicted octanol–water partition coefficient (Wildman–Crippen LogP) is 16.6. The van der Waals surface area contributed by atoms with Crippen LogP contribution in [0.4, 0.5) is 0 Å². The molecule has 6 aromatic carbocycles. The second kappa shape index (κ2) is 23.5. The molecule has 6 aromatic rings. The maximum atomic E-state index is 2.36. The molecule has 0 bridgehead atoms. The molecular weight excluding hydrogens is 697 g/mol. The molecule has 0 N–H and O–H groups in total. The zero-order valence-electron chi connectivity index (χ0n) is 35.9. The first-order valence-corrected chi connectivity index (χ1v) is 21.5.